The van der Waals surface area contributed by atoms with Crippen molar-refractivity contribution in [1.29, 1.82) is 0 Å². The summed E-state index contributed by atoms with van der Waals surface area (Å²) < 4.78 is 55.1. The van der Waals surface area contributed by atoms with Crippen LogP contribution in [0.2, 0.25) is 0 Å². The predicted molar refractivity (Wildman–Crippen MR) is 65.8 cm³/mol. The van der Waals surface area contributed by atoms with Crippen LogP contribution in [0.4, 0.5) is 8.78 Å². The molecule has 0 aliphatic carbocycles. The summed E-state index contributed by atoms with van der Waals surface area (Å²) in [6.45, 7) is 0. The molecule has 0 aliphatic heterocycles. The molecule has 0 saturated carbocycles. The van der Waals surface area contributed by atoms with Gasteiger partial charge in [0.05, 0.1) is 10.1 Å². The summed E-state index contributed by atoms with van der Waals surface area (Å²) in [5.41, 5.74) is 0. The van der Waals surface area contributed by atoms with Crippen molar-refractivity contribution in [2.24, 2.45) is 0 Å². The molecule has 0 aromatic heterocycles. The third-order valence-corrected chi connectivity index (χ3v) is 4.76. The van der Waals surface area contributed by atoms with Gasteiger partial charge >= 0.3 is 21.2 Å². The van der Waals surface area contributed by atoms with E-state index in [2.05, 4.69) is 0 Å². The third-order valence-electron chi connectivity index (χ3n) is 1.85. The molecule has 0 unspecified atom stereocenters. The van der Waals surface area contributed by atoms with Gasteiger partial charge in [-0.3, -0.25) is 0 Å². The van der Waals surface area contributed by atoms with Crippen LogP contribution in [0, 0.1) is 18.8 Å². The molecule has 2 aromatic rings. The summed E-state index contributed by atoms with van der Waals surface area (Å²) in [4.78, 5) is 0. The molecule has 0 spiro atoms. The zero-order chi connectivity index (χ0) is 15.2. The number of benzene rings is 2. The Morgan fingerprint density at radius 1 is 0.900 bits per heavy atom. The van der Waals surface area contributed by atoms with E-state index >= 15 is 0 Å². The normalized spacial score (nSPS) is 10.6. The second-order valence-corrected chi connectivity index (χ2v) is 7.90. The predicted octanol–water partition coefficient (Wildman–Crippen LogP) is -0.745. The second kappa shape index (κ2) is 7.65. The molecule has 0 amide bonds. The van der Waals surface area contributed by atoms with Crippen LogP contribution in [0.25, 0.3) is 0 Å². The SMILES string of the molecule is CS(=O)(=O)[O-].Fc1ccccc1[I+]c1ccccc1F. The van der Waals surface area contributed by atoms with E-state index in [1.807, 2.05) is 0 Å². The molecule has 2 aromatic carbocycles. The number of hydrogen-bond donors (Lipinski definition) is 0. The van der Waals surface area contributed by atoms with Crippen LogP contribution >= 0.6 is 0 Å². The maximum atomic E-state index is 13.3. The molecule has 0 atom stereocenters. The van der Waals surface area contributed by atoms with E-state index in [-0.39, 0.29) is 11.6 Å². The maximum Gasteiger partial charge on any atom is 0.364 e. The molecule has 0 radical (unpaired) electrons. The van der Waals surface area contributed by atoms with Gasteiger partial charge in [0.25, 0.3) is 0 Å². The van der Waals surface area contributed by atoms with E-state index in [0.29, 0.717) is 13.4 Å². The minimum absolute atomic E-state index is 0.242. The van der Waals surface area contributed by atoms with Crippen LogP contribution in [-0.4, -0.2) is 19.2 Å². The molecule has 0 bridgehead atoms. The summed E-state index contributed by atoms with van der Waals surface area (Å²) in [6, 6.07) is 13.1. The Balaban J connectivity index is 0.000000347. The van der Waals surface area contributed by atoms with Crippen molar-refractivity contribution in [2.45, 2.75) is 0 Å². The van der Waals surface area contributed by atoms with E-state index in [9.17, 15) is 8.78 Å². The van der Waals surface area contributed by atoms with Crippen molar-refractivity contribution >= 4 is 10.1 Å². The van der Waals surface area contributed by atoms with Crippen molar-refractivity contribution in [3.63, 3.8) is 0 Å². The molecule has 3 nitrogen and oxygen atoms in total. The van der Waals surface area contributed by atoms with Gasteiger partial charge in [-0.2, -0.15) is 0 Å². The van der Waals surface area contributed by atoms with E-state index in [1.165, 1.54) is 12.1 Å². The summed E-state index contributed by atoms with van der Waals surface area (Å²) in [5, 5.41) is 0. The lowest BCUT2D eigenvalue weighted by Crippen LogP contribution is -3.62. The summed E-state index contributed by atoms with van der Waals surface area (Å²) in [6.07, 6.45) is 0.604. The molecular formula is C13H11F2IO3S. The van der Waals surface area contributed by atoms with Gasteiger partial charge in [-0.15, -0.1) is 0 Å². The van der Waals surface area contributed by atoms with Crippen molar-refractivity contribution < 1.29 is 43.0 Å². The topological polar surface area (TPSA) is 57.2 Å². The Morgan fingerprint density at radius 3 is 1.50 bits per heavy atom. The van der Waals surface area contributed by atoms with Gasteiger partial charge in [-0.1, -0.05) is 24.3 Å². The largest absolute Gasteiger partial charge is 0.748 e. The molecule has 0 heterocycles. The fourth-order valence-electron chi connectivity index (χ4n) is 1.14. The monoisotopic (exact) mass is 412 g/mol. The minimum Gasteiger partial charge on any atom is -0.748 e. The van der Waals surface area contributed by atoms with E-state index in [4.69, 9.17) is 13.0 Å². The van der Waals surface area contributed by atoms with Crippen molar-refractivity contribution in [3.05, 3.63) is 67.3 Å². The number of rotatable bonds is 2. The van der Waals surface area contributed by atoms with Crippen LogP contribution in [0.3, 0.4) is 0 Å². The second-order valence-electron chi connectivity index (χ2n) is 3.63. The minimum atomic E-state index is -3.92. The number of hydrogen-bond acceptors (Lipinski definition) is 3. The van der Waals surface area contributed by atoms with Gasteiger partial charge < -0.3 is 4.55 Å². The molecule has 20 heavy (non-hydrogen) atoms. The molecular weight excluding hydrogens is 401 g/mol. The summed E-state index contributed by atoms with van der Waals surface area (Å²) >= 11 is -0.765. The molecule has 0 N–H and O–H groups in total. The highest BCUT2D eigenvalue weighted by molar-refractivity contribution is 7.84. The third kappa shape index (κ3) is 6.92. The Morgan fingerprint density at radius 2 is 1.20 bits per heavy atom. The fourth-order valence-corrected chi connectivity index (χ4v) is 3.42. The Hall–Kier alpha value is -1.06. The lowest BCUT2D eigenvalue weighted by atomic mass is 10.4. The van der Waals surface area contributed by atoms with Gasteiger partial charge in [0.15, 0.2) is 11.6 Å². The van der Waals surface area contributed by atoms with Crippen LogP contribution in [0.1, 0.15) is 0 Å². The molecule has 0 fully saturated rings. The average molecular weight is 412 g/mol. The highest BCUT2D eigenvalue weighted by Crippen LogP contribution is 1.96. The molecule has 0 aliphatic rings. The van der Waals surface area contributed by atoms with Crippen molar-refractivity contribution in [2.75, 3.05) is 6.26 Å². The highest BCUT2D eigenvalue weighted by atomic mass is 127. The summed E-state index contributed by atoms with van der Waals surface area (Å²) in [5.74, 6) is -0.484. The molecule has 108 valence electrons. The van der Waals surface area contributed by atoms with E-state index < -0.39 is 31.3 Å². The van der Waals surface area contributed by atoms with Gasteiger partial charge in [0.2, 0.25) is 7.14 Å². The van der Waals surface area contributed by atoms with Gasteiger partial charge in [-0.05, 0) is 24.3 Å². The smallest absolute Gasteiger partial charge is 0.364 e. The summed E-state index contributed by atoms with van der Waals surface area (Å²) in [7, 11) is -3.92. The van der Waals surface area contributed by atoms with E-state index in [1.54, 1.807) is 36.4 Å². The average Bonchev–Trinajstić information content (AvgIpc) is 2.33. The van der Waals surface area contributed by atoms with Gasteiger partial charge in [-0.25, -0.2) is 17.2 Å². The van der Waals surface area contributed by atoms with Crippen LogP contribution in [0.15, 0.2) is 48.5 Å². The fraction of sp³-hybridized carbons (Fsp3) is 0.0769. The van der Waals surface area contributed by atoms with Crippen LogP contribution < -0.4 is 21.2 Å². The quantitative estimate of drug-likeness (QED) is 0.482. The first kappa shape index (κ1) is 17.0. The zero-order valence-corrected chi connectivity index (χ0v) is 13.4. The first-order valence-electron chi connectivity index (χ1n) is 5.32. The van der Waals surface area contributed by atoms with Crippen LogP contribution in [-0.2, 0) is 10.1 Å². The Bertz CT molecular complexity index is 623. The Labute approximate surface area is 126 Å². The molecule has 0 saturated heterocycles. The zero-order valence-electron chi connectivity index (χ0n) is 10.4. The number of halogens is 3. The lowest BCUT2D eigenvalue weighted by Gasteiger charge is -1.90. The first-order valence-corrected chi connectivity index (χ1v) is 9.29. The van der Waals surface area contributed by atoms with Crippen molar-refractivity contribution in [3.8, 4) is 0 Å². The molecule has 7 heteroatoms. The first-order chi connectivity index (χ1) is 9.27. The van der Waals surface area contributed by atoms with Gasteiger partial charge in [0, 0.05) is 6.26 Å². The standard InChI is InChI=1S/C12H8F2I.CH4O3S/c13-9-5-1-3-7-11(9)15-12-8-4-2-6-10(12)14;1-5(2,3)4/h1-8H;1H3,(H,2,3,4)/q+1;/p-1. The lowest BCUT2D eigenvalue weighted by molar-refractivity contribution is -0.603. The maximum absolute atomic E-state index is 13.3. The van der Waals surface area contributed by atoms with Crippen molar-refractivity contribution in [1.82, 2.24) is 0 Å². The Kier molecular flexibility index (Phi) is 6.50. The van der Waals surface area contributed by atoms with Crippen LogP contribution in [0.5, 0.6) is 0 Å². The molecule has 2 rings (SSSR count). The highest BCUT2D eigenvalue weighted by Gasteiger charge is 2.22. The van der Waals surface area contributed by atoms with Gasteiger partial charge in [0.1, 0.15) is 0 Å². The van der Waals surface area contributed by atoms with E-state index in [0.717, 1.165) is 0 Å².